The molecule has 0 atom stereocenters. The number of nitrogens with one attached hydrogen (secondary N) is 2. The molecule has 2 N–H and O–H groups in total. The van der Waals surface area contributed by atoms with Crippen molar-refractivity contribution in [2.24, 2.45) is 0 Å². The van der Waals surface area contributed by atoms with Crippen molar-refractivity contribution >= 4 is 33.6 Å². The lowest BCUT2D eigenvalue weighted by Gasteiger charge is -2.10. The monoisotopic (exact) mass is 392 g/mol. The normalized spacial score (nSPS) is 9.92. The van der Waals surface area contributed by atoms with Crippen LogP contribution in [0.4, 0.5) is 10.5 Å². The summed E-state index contributed by atoms with van der Waals surface area (Å²) in [6.07, 6.45) is 0. The van der Waals surface area contributed by atoms with Crippen LogP contribution in [0.1, 0.15) is 10.4 Å². The molecule has 0 bridgehead atoms. The molecule has 126 valence electrons. The Kier molecular flexibility index (Phi) is 6.62. The van der Waals surface area contributed by atoms with Crippen LogP contribution in [0.2, 0.25) is 0 Å². The van der Waals surface area contributed by atoms with E-state index in [1.165, 1.54) is 7.11 Å². The molecule has 0 fully saturated rings. The first-order valence-corrected chi connectivity index (χ1v) is 8.00. The Morgan fingerprint density at radius 3 is 2.67 bits per heavy atom. The van der Waals surface area contributed by atoms with Gasteiger partial charge < -0.3 is 20.1 Å². The largest absolute Gasteiger partial charge is 0.491 e. The maximum Gasteiger partial charge on any atom is 0.337 e. The fourth-order valence-corrected chi connectivity index (χ4v) is 2.30. The minimum absolute atomic E-state index is 0.332. The third-order valence-corrected chi connectivity index (χ3v) is 3.68. The van der Waals surface area contributed by atoms with Gasteiger partial charge in [0.1, 0.15) is 12.4 Å². The van der Waals surface area contributed by atoms with Crippen LogP contribution in [-0.4, -0.2) is 32.3 Å². The lowest BCUT2D eigenvalue weighted by molar-refractivity contribution is 0.0600. The molecule has 0 heterocycles. The van der Waals surface area contributed by atoms with Crippen LogP contribution in [0.25, 0.3) is 0 Å². The van der Waals surface area contributed by atoms with Crippen LogP contribution >= 0.6 is 15.9 Å². The number of anilines is 1. The summed E-state index contributed by atoms with van der Waals surface area (Å²) in [5.74, 6) is 0.256. The van der Waals surface area contributed by atoms with E-state index in [4.69, 9.17) is 4.74 Å². The highest BCUT2D eigenvalue weighted by Gasteiger charge is 2.07. The number of methoxy groups -OCH3 is 1. The highest BCUT2D eigenvalue weighted by Crippen LogP contribution is 2.23. The maximum atomic E-state index is 11.8. The van der Waals surface area contributed by atoms with Crippen molar-refractivity contribution in [3.05, 3.63) is 58.6 Å². The SMILES string of the molecule is COC(=O)c1cccc(NC(=O)NCCOc2ccccc2Br)c1. The Balaban J connectivity index is 1.77. The first-order chi connectivity index (χ1) is 11.6. The van der Waals surface area contributed by atoms with Crippen molar-refractivity contribution in [2.45, 2.75) is 0 Å². The summed E-state index contributed by atoms with van der Waals surface area (Å²) in [7, 11) is 1.31. The van der Waals surface area contributed by atoms with Crippen molar-refractivity contribution in [2.75, 3.05) is 25.6 Å². The number of rotatable bonds is 6. The van der Waals surface area contributed by atoms with E-state index in [1.54, 1.807) is 24.3 Å². The lowest BCUT2D eigenvalue weighted by Crippen LogP contribution is -2.32. The number of esters is 1. The van der Waals surface area contributed by atoms with Gasteiger partial charge in [-0.15, -0.1) is 0 Å². The van der Waals surface area contributed by atoms with E-state index in [9.17, 15) is 9.59 Å². The quantitative estimate of drug-likeness (QED) is 0.583. The van der Waals surface area contributed by atoms with Crippen LogP contribution in [0.15, 0.2) is 53.0 Å². The smallest absolute Gasteiger partial charge is 0.337 e. The highest BCUT2D eigenvalue weighted by molar-refractivity contribution is 9.10. The molecule has 0 aromatic heterocycles. The van der Waals surface area contributed by atoms with Gasteiger partial charge in [0.2, 0.25) is 0 Å². The Bertz CT molecular complexity index is 721. The van der Waals surface area contributed by atoms with Gasteiger partial charge in [-0.05, 0) is 46.3 Å². The Labute approximate surface area is 148 Å². The molecular formula is C17H17BrN2O4. The summed E-state index contributed by atoms with van der Waals surface area (Å²) in [4.78, 5) is 23.3. The minimum atomic E-state index is -0.458. The number of halogens is 1. The first kappa shape index (κ1) is 17.8. The zero-order valence-corrected chi connectivity index (χ0v) is 14.6. The molecule has 0 spiro atoms. The number of urea groups is 1. The first-order valence-electron chi connectivity index (χ1n) is 7.20. The second kappa shape index (κ2) is 8.93. The van der Waals surface area contributed by atoms with Gasteiger partial charge >= 0.3 is 12.0 Å². The van der Waals surface area contributed by atoms with Crippen LogP contribution < -0.4 is 15.4 Å². The number of benzene rings is 2. The number of carbonyl (C=O) groups excluding carboxylic acids is 2. The van der Waals surface area contributed by atoms with Crippen molar-refractivity contribution in [1.82, 2.24) is 5.32 Å². The zero-order chi connectivity index (χ0) is 17.4. The van der Waals surface area contributed by atoms with Crippen LogP contribution in [0, 0.1) is 0 Å². The van der Waals surface area contributed by atoms with E-state index >= 15 is 0 Å². The minimum Gasteiger partial charge on any atom is -0.491 e. The number of hydrogen-bond donors (Lipinski definition) is 2. The van der Waals surface area contributed by atoms with Gasteiger partial charge in [-0.3, -0.25) is 0 Å². The number of hydrogen-bond acceptors (Lipinski definition) is 4. The molecule has 0 radical (unpaired) electrons. The topological polar surface area (TPSA) is 76.7 Å². The van der Waals surface area contributed by atoms with Crippen molar-refractivity contribution in [3.63, 3.8) is 0 Å². The number of carbonyl (C=O) groups is 2. The Morgan fingerprint density at radius 1 is 1.12 bits per heavy atom. The van der Waals surface area contributed by atoms with Crippen LogP contribution in [0.5, 0.6) is 5.75 Å². The van der Waals surface area contributed by atoms with E-state index < -0.39 is 5.97 Å². The van der Waals surface area contributed by atoms with Gasteiger partial charge in [0.25, 0.3) is 0 Å². The molecule has 24 heavy (non-hydrogen) atoms. The second-order valence-corrected chi connectivity index (χ2v) is 5.59. The average Bonchev–Trinajstić information content (AvgIpc) is 2.59. The third-order valence-electron chi connectivity index (χ3n) is 3.02. The van der Waals surface area contributed by atoms with Crippen molar-refractivity contribution in [3.8, 4) is 5.75 Å². The van der Waals surface area contributed by atoms with Gasteiger partial charge in [-0.25, -0.2) is 9.59 Å². The van der Waals surface area contributed by atoms with Crippen LogP contribution in [-0.2, 0) is 4.74 Å². The summed E-state index contributed by atoms with van der Waals surface area (Å²) in [5.41, 5.74) is 0.870. The van der Waals surface area contributed by atoms with E-state index in [-0.39, 0.29) is 6.03 Å². The van der Waals surface area contributed by atoms with Crippen LogP contribution in [0.3, 0.4) is 0 Å². The fraction of sp³-hybridized carbons (Fsp3) is 0.176. The van der Waals surface area contributed by atoms with Crippen molar-refractivity contribution in [1.29, 1.82) is 0 Å². The van der Waals surface area contributed by atoms with Gasteiger partial charge in [0, 0.05) is 5.69 Å². The van der Waals surface area contributed by atoms with E-state index in [0.717, 1.165) is 4.47 Å². The molecule has 2 amide bonds. The summed E-state index contributed by atoms with van der Waals surface area (Å²) in [6.45, 7) is 0.669. The molecule has 2 rings (SSSR count). The van der Waals surface area contributed by atoms with Gasteiger partial charge in [-0.2, -0.15) is 0 Å². The molecule has 0 unspecified atom stereocenters. The van der Waals surface area contributed by atoms with Gasteiger partial charge in [0.05, 0.1) is 23.7 Å². The molecular weight excluding hydrogens is 376 g/mol. The van der Waals surface area contributed by atoms with E-state index in [0.29, 0.717) is 30.2 Å². The lowest BCUT2D eigenvalue weighted by atomic mass is 10.2. The Hall–Kier alpha value is -2.54. The summed E-state index contributed by atoms with van der Waals surface area (Å²) in [5, 5.41) is 5.33. The van der Waals surface area contributed by atoms with Gasteiger partial charge in [-0.1, -0.05) is 18.2 Å². The number of para-hydroxylation sites is 1. The molecule has 0 aliphatic heterocycles. The Morgan fingerprint density at radius 2 is 1.92 bits per heavy atom. The molecule has 0 saturated heterocycles. The molecule has 7 heteroatoms. The third kappa shape index (κ3) is 5.27. The molecule has 6 nitrogen and oxygen atoms in total. The standard InChI is InChI=1S/C17H17BrN2O4/c1-23-16(21)12-5-4-6-13(11-12)20-17(22)19-9-10-24-15-8-3-2-7-14(15)18/h2-8,11H,9-10H2,1H3,(H2,19,20,22). The second-order valence-electron chi connectivity index (χ2n) is 4.73. The highest BCUT2D eigenvalue weighted by atomic mass is 79.9. The maximum absolute atomic E-state index is 11.8. The fourth-order valence-electron chi connectivity index (χ4n) is 1.90. The average molecular weight is 393 g/mol. The van der Waals surface area contributed by atoms with Gasteiger partial charge in [0.15, 0.2) is 0 Å². The molecule has 2 aromatic rings. The predicted octanol–water partition coefficient (Wildman–Crippen LogP) is 3.44. The molecule has 2 aromatic carbocycles. The van der Waals surface area contributed by atoms with E-state index in [2.05, 4.69) is 31.3 Å². The molecule has 0 aliphatic carbocycles. The summed E-state index contributed by atoms with van der Waals surface area (Å²) < 4.78 is 11.0. The van der Waals surface area contributed by atoms with Crippen molar-refractivity contribution < 1.29 is 19.1 Å². The number of amides is 2. The molecule has 0 aliphatic rings. The zero-order valence-electron chi connectivity index (χ0n) is 13.0. The van der Waals surface area contributed by atoms with E-state index in [1.807, 2.05) is 24.3 Å². The predicted molar refractivity (Wildman–Crippen MR) is 94.4 cm³/mol. The summed E-state index contributed by atoms with van der Waals surface area (Å²) in [6, 6.07) is 13.6. The summed E-state index contributed by atoms with van der Waals surface area (Å²) >= 11 is 3.38. The molecule has 0 saturated carbocycles. The number of ether oxygens (including phenoxy) is 2.